The fourth-order valence-corrected chi connectivity index (χ4v) is 0.822. The topological polar surface area (TPSA) is 50.1 Å². The number of pyridine rings is 1. The van der Waals surface area contributed by atoms with Crippen LogP contribution in [-0.4, -0.2) is 7.05 Å². The highest BCUT2D eigenvalue weighted by Gasteiger charge is 2.10. The number of hydroxylamine groups is 1. The van der Waals surface area contributed by atoms with Crippen LogP contribution in [0, 0.1) is 12.1 Å². The fraction of sp³-hybridized carbons (Fsp3) is 0.286. The first kappa shape index (κ1) is 7.81. The fourth-order valence-electron chi connectivity index (χ4n) is 0.822. The van der Waals surface area contributed by atoms with Crippen molar-refractivity contribution in [2.45, 2.75) is 6.92 Å². The largest absolute Gasteiger partial charge is 0.710 e. The quantitative estimate of drug-likeness (QED) is 0.333. The first-order chi connectivity index (χ1) is 5.13. The summed E-state index contributed by atoms with van der Waals surface area (Å²) in [7, 11) is 1.29. The molecule has 1 heterocycles. The smallest absolute Gasteiger partial charge is 0.312 e. The van der Waals surface area contributed by atoms with Crippen LogP contribution < -0.4 is 9.79 Å². The lowest BCUT2D eigenvalue weighted by Crippen LogP contribution is -2.36. The highest BCUT2D eigenvalue weighted by molar-refractivity contribution is 5.27. The molecule has 0 amide bonds. The summed E-state index contributed by atoms with van der Waals surface area (Å²) in [6, 6.07) is 4.81. The number of aryl methyl sites for hydroxylation is 1. The molecule has 0 atom stereocenters. The van der Waals surface area contributed by atoms with E-state index in [4.69, 9.17) is 0 Å². The summed E-state index contributed by atoms with van der Waals surface area (Å²) in [5, 5.41) is 22.3. The molecule has 11 heavy (non-hydrogen) atoms. The first-order valence-corrected chi connectivity index (χ1v) is 3.23. The highest BCUT2D eigenvalue weighted by Crippen LogP contribution is 2.03. The first-order valence-electron chi connectivity index (χ1n) is 3.23. The lowest BCUT2D eigenvalue weighted by atomic mass is 10.4. The van der Waals surface area contributed by atoms with Crippen molar-refractivity contribution in [2.24, 2.45) is 0 Å². The van der Waals surface area contributed by atoms with Crippen molar-refractivity contribution in [2.75, 3.05) is 12.1 Å². The Morgan fingerprint density at radius 1 is 1.55 bits per heavy atom. The Labute approximate surface area is 64.8 Å². The Bertz CT molecular complexity index is 261. The maximum atomic E-state index is 11.1. The molecule has 0 unspecified atom stereocenters. The third kappa shape index (κ3) is 1.40. The van der Waals surface area contributed by atoms with Crippen molar-refractivity contribution in [1.29, 1.82) is 0 Å². The minimum absolute atomic E-state index is 0.116. The Kier molecular flexibility index (Phi) is 1.96. The molecule has 59 valence electrons. The van der Waals surface area contributed by atoms with Crippen LogP contribution >= 0.6 is 0 Å². The summed E-state index contributed by atoms with van der Waals surface area (Å²) in [6.07, 6.45) is 0. The molecule has 1 aromatic heterocycles. The maximum absolute atomic E-state index is 11.1. The van der Waals surface area contributed by atoms with Gasteiger partial charge in [0.1, 0.15) is 12.7 Å². The van der Waals surface area contributed by atoms with Gasteiger partial charge in [0.05, 0.1) is 0 Å². The van der Waals surface area contributed by atoms with Crippen molar-refractivity contribution in [3.8, 4) is 0 Å². The summed E-state index contributed by atoms with van der Waals surface area (Å²) >= 11 is 0. The van der Waals surface area contributed by atoms with Crippen LogP contribution in [0.25, 0.3) is 0 Å². The molecule has 4 nitrogen and oxygen atoms in total. The predicted octanol–water partition coefficient (Wildman–Crippen LogP) is 0.410. The molecule has 0 saturated heterocycles. The second-order valence-electron chi connectivity index (χ2n) is 2.32. The van der Waals surface area contributed by atoms with Gasteiger partial charge in [-0.3, -0.25) is 0 Å². The van der Waals surface area contributed by atoms with E-state index in [9.17, 15) is 10.4 Å². The van der Waals surface area contributed by atoms with Crippen LogP contribution in [0.2, 0.25) is 0 Å². The van der Waals surface area contributed by atoms with Gasteiger partial charge < -0.3 is 5.21 Å². The lowest BCUT2D eigenvalue weighted by Gasteiger charge is -2.10. The van der Waals surface area contributed by atoms with Gasteiger partial charge in [-0.05, 0) is 13.0 Å². The van der Waals surface area contributed by atoms with Gasteiger partial charge in [0.15, 0.2) is 0 Å². The Hall–Kier alpha value is -1.29. The maximum Gasteiger partial charge on any atom is 0.312 e. The van der Waals surface area contributed by atoms with Crippen LogP contribution in [0.5, 0.6) is 0 Å². The molecule has 0 aliphatic rings. The number of hydrogen-bond donors (Lipinski definition) is 0. The van der Waals surface area contributed by atoms with Crippen LogP contribution in [0.1, 0.15) is 5.69 Å². The molecule has 0 saturated carbocycles. The number of aromatic nitrogens is 1. The third-order valence-corrected chi connectivity index (χ3v) is 1.43. The average molecular weight is 153 g/mol. The molecule has 4 heteroatoms. The molecular weight excluding hydrogens is 144 g/mol. The SMILES string of the molecule is Cc1cccc(N(C)[O])[n+]1[O-]. The van der Waals surface area contributed by atoms with E-state index in [1.165, 1.54) is 13.1 Å². The van der Waals surface area contributed by atoms with E-state index in [0.29, 0.717) is 15.5 Å². The van der Waals surface area contributed by atoms with Crippen LogP contribution in [0.4, 0.5) is 5.82 Å². The molecular formula is C7H9N2O2. The van der Waals surface area contributed by atoms with Crippen molar-refractivity contribution in [1.82, 2.24) is 0 Å². The predicted molar refractivity (Wildman–Crippen MR) is 39.2 cm³/mol. The molecule has 1 aromatic rings. The van der Waals surface area contributed by atoms with Crippen LogP contribution in [0.15, 0.2) is 18.2 Å². The van der Waals surface area contributed by atoms with Crippen LogP contribution in [0.3, 0.4) is 0 Å². The standard InChI is InChI=1S/C7H9N2O2/c1-6-4-3-5-7(8(2)10)9(6)11/h3-5H,1-2H3. The summed E-state index contributed by atoms with van der Waals surface area (Å²) in [4.78, 5) is 0. The second kappa shape index (κ2) is 2.75. The molecule has 0 bridgehead atoms. The molecule has 0 aliphatic carbocycles. The van der Waals surface area contributed by atoms with Crippen molar-refractivity contribution in [3.05, 3.63) is 29.1 Å². The van der Waals surface area contributed by atoms with Gasteiger partial charge in [-0.15, -0.1) is 0 Å². The highest BCUT2D eigenvalue weighted by atomic mass is 16.5. The minimum Gasteiger partial charge on any atom is -0.710 e. The minimum atomic E-state index is 0.116. The third-order valence-electron chi connectivity index (χ3n) is 1.43. The van der Waals surface area contributed by atoms with Crippen molar-refractivity contribution in [3.63, 3.8) is 0 Å². The second-order valence-corrected chi connectivity index (χ2v) is 2.32. The zero-order chi connectivity index (χ0) is 8.43. The van der Waals surface area contributed by atoms with Crippen molar-refractivity contribution < 1.29 is 9.94 Å². The summed E-state index contributed by atoms with van der Waals surface area (Å²) in [5.41, 5.74) is 0.519. The molecule has 0 spiro atoms. The average Bonchev–Trinajstić information content (AvgIpc) is 1.94. The molecule has 0 aliphatic heterocycles. The van der Waals surface area contributed by atoms with Gasteiger partial charge in [0, 0.05) is 11.3 Å². The molecule has 0 aromatic carbocycles. The number of anilines is 1. The van der Waals surface area contributed by atoms with Gasteiger partial charge in [-0.2, -0.15) is 0 Å². The van der Waals surface area contributed by atoms with Gasteiger partial charge >= 0.3 is 5.82 Å². The zero-order valence-corrected chi connectivity index (χ0v) is 6.44. The number of hydrogen-bond acceptors (Lipinski definition) is 2. The Morgan fingerprint density at radius 2 is 2.18 bits per heavy atom. The van der Waals surface area contributed by atoms with E-state index in [2.05, 4.69) is 0 Å². The van der Waals surface area contributed by atoms with Gasteiger partial charge in [-0.1, -0.05) is 11.1 Å². The Morgan fingerprint density at radius 3 is 2.64 bits per heavy atom. The van der Waals surface area contributed by atoms with Gasteiger partial charge in [0.2, 0.25) is 0 Å². The normalized spacial score (nSPS) is 9.73. The summed E-state index contributed by atoms with van der Waals surface area (Å²) in [6.45, 7) is 1.65. The summed E-state index contributed by atoms with van der Waals surface area (Å²) < 4.78 is 0.604. The molecule has 1 radical (unpaired) electrons. The van der Waals surface area contributed by atoms with E-state index in [-0.39, 0.29) is 5.82 Å². The summed E-state index contributed by atoms with van der Waals surface area (Å²) in [5.74, 6) is 0.116. The molecule has 1 rings (SSSR count). The van der Waals surface area contributed by atoms with E-state index < -0.39 is 0 Å². The van der Waals surface area contributed by atoms with E-state index in [1.807, 2.05) is 0 Å². The van der Waals surface area contributed by atoms with E-state index >= 15 is 0 Å². The number of nitrogens with zero attached hydrogens (tertiary/aromatic N) is 2. The zero-order valence-electron chi connectivity index (χ0n) is 6.44. The lowest BCUT2D eigenvalue weighted by molar-refractivity contribution is -0.601. The van der Waals surface area contributed by atoms with E-state index in [0.717, 1.165) is 0 Å². The van der Waals surface area contributed by atoms with Gasteiger partial charge in [-0.25, -0.2) is 4.73 Å². The van der Waals surface area contributed by atoms with E-state index in [1.54, 1.807) is 19.1 Å². The van der Waals surface area contributed by atoms with Gasteiger partial charge in [0.25, 0.3) is 0 Å². The van der Waals surface area contributed by atoms with Crippen LogP contribution in [-0.2, 0) is 5.21 Å². The molecule has 0 fully saturated rings. The Balaban J connectivity index is 3.17. The molecule has 0 N–H and O–H groups in total. The number of rotatable bonds is 1. The van der Waals surface area contributed by atoms with Crippen molar-refractivity contribution >= 4 is 5.82 Å². The monoisotopic (exact) mass is 153 g/mol.